The number of nitrogens with one attached hydrogen (secondary N) is 3. The zero-order valence-corrected chi connectivity index (χ0v) is 30.8. The molecule has 1 rings (SSSR count). The molecule has 51 heavy (non-hydrogen) atoms. The Morgan fingerprint density at radius 2 is 1.14 bits per heavy atom. The van der Waals surface area contributed by atoms with Crippen LogP contribution in [0.25, 0.3) is 0 Å². The molecule has 0 saturated carbocycles. The maximum atomic E-state index is 13.2. The average molecular weight is 728 g/mol. The molecule has 1 fully saturated rings. The van der Waals surface area contributed by atoms with Crippen LogP contribution in [0.1, 0.15) is 122 Å². The van der Waals surface area contributed by atoms with Gasteiger partial charge >= 0.3 is 5.97 Å². The molecule has 0 aliphatic carbocycles. The second-order valence-corrected chi connectivity index (χ2v) is 13.0. The first kappa shape index (κ1) is 46.1. The molecule has 294 valence electrons. The number of amides is 3. The molecule has 1 aliphatic heterocycles. The number of ketones is 1. The molecule has 0 aromatic rings. The second kappa shape index (κ2) is 32.9. The Hall–Kier alpha value is -2.94. The van der Waals surface area contributed by atoms with Gasteiger partial charge in [0.2, 0.25) is 17.7 Å². The van der Waals surface area contributed by atoms with Gasteiger partial charge in [0, 0.05) is 39.1 Å². The molecule has 0 aromatic heterocycles. The molecular formula is C37H65N3O11. The Morgan fingerprint density at radius 3 is 1.65 bits per heavy atom. The molecule has 1 saturated heterocycles. The molecule has 0 radical (unpaired) electrons. The van der Waals surface area contributed by atoms with Crippen molar-refractivity contribution in [3.05, 3.63) is 0 Å². The van der Waals surface area contributed by atoms with Gasteiger partial charge in [0.1, 0.15) is 31.3 Å². The molecule has 0 bridgehead atoms. The lowest BCUT2D eigenvalue weighted by Crippen LogP contribution is -2.46. The van der Waals surface area contributed by atoms with E-state index in [0.29, 0.717) is 78.2 Å². The van der Waals surface area contributed by atoms with Gasteiger partial charge in [0.25, 0.3) is 0 Å². The maximum absolute atomic E-state index is 13.2. The summed E-state index contributed by atoms with van der Waals surface area (Å²) in [7, 11) is 0. The van der Waals surface area contributed by atoms with Crippen LogP contribution in [0.2, 0.25) is 0 Å². The molecule has 2 atom stereocenters. The van der Waals surface area contributed by atoms with Crippen molar-refractivity contribution in [3.8, 4) is 0 Å². The number of carboxylic acid groups (broad SMARTS) is 1. The number of aliphatic carboxylic acids is 1. The molecule has 1 unspecified atom stereocenters. The highest BCUT2D eigenvalue weighted by molar-refractivity contribution is 6.02. The summed E-state index contributed by atoms with van der Waals surface area (Å²) in [6.07, 6.45) is 16.7. The van der Waals surface area contributed by atoms with Gasteiger partial charge in [-0.2, -0.15) is 0 Å². The molecule has 0 aromatic carbocycles. The average Bonchev–Trinajstić information content (AvgIpc) is 3.10. The van der Waals surface area contributed by atoms with Crippen molar-refractivity contribution in [2.75, 3.05) is 65.9 Å². The highest BCUT2D eigenvalue weighted by Gasteiger charge is 2.32. The SMILES string of the molecule is O=CCOCC(=O)NCCCOCCOCCOCCCNC(=O)C1C[C@@H](C(=O)O)NC(=O)CCCCCCCCCCCCCCCCC1=O. The number of Topliss-reactive ketones (excluding diaryl/α,β-unsaturated/α-hetero) is 1. The van der Waals surface area contributed by atoms with Gasteiger partial charge in [-0.1, -0.05) is 77.0 Å². The Kier molecular flexibility index (Phi) is 29.8. The van der Waals surface area contributed by atoms with E-state index in [2.05, 4.69) is 16.0 Å². The molecule has 0 spiro atoms. The molecule has 14 heteroatoms. The van der Waals surface area contributed by atoms with Crippen LogP contribution in [-0.2, 0) is 47.7 Å². The van der Waals surface area contributed by atoms with Crippen LogP contribution in [0.4, 0.5) is 0 Å². The third-order valence-corrected chi connectivity index (χ3v) is 8.60. The van der Waals surface area contributed by atoms with Crippen LogP contribution in [0.15, 0.2) is 0 Å². The number of carbonyl (C=O) groups is 6. The second-order valence-electron chi connectivity index (χ2n) is 13.0. The minimum Gasteiger partial charge on any atom is -0.480 e. The summed E-state index contributed by atoms with van der Waals surface area (Å²) in [6.45, 7) is 2.77. The quantitative estimate of drug-likeness (QED) is 0.0812. The summed E-state index contributed by atoms with van der Waals surface area (Å²) in [5.41, 5.74) is 0. The number of carbonyl (C=O) groups excluding carboxylic acids is 5. The third kappa shape index (κ3) is 27.4. The zero-order chi connectivity index (χ0) is 37.2. The van der Waals surface area contributed by atoms with Crippen LogP contribution in [0, 0.1) is 5.92 Å². The van der Waals surface area contributed by atoms with E-state index in [1.54, 1.807) is 0 Å². The standard InChI is InChI=1S/C37H65N3O11/c41-21-24-51-30-35(44)38-19-15-22-48-25-27-50-28-26-49-23-16-20-39-36(45)31-29-32(37(46)47)40-34(43)18-14-12-10-8-6-4-2-1-3-5-7-9-11-13-17-33(31)42/h21,31-32H,1-20,22-30H2,(H,38,44)(H,39,45)(H,40,43)(H,46,47)/t31?,32-/m0/s1. The third-order valence-electron chi connectivity index (χ3n) is 8.60. The van der Waals surface area contributed by atoms with Crippen molar-refractivity contribution in [2.24, 2.45) is 5.92 Å². The number of rotatable bonds is 20. The Balaban J connectivity index is 2.37. The van der Waals surface area contributed by atoms with E-state index < -0.39 is 23.8 Å². The van der Waals surface area contributed by atoms with Crippen molar-refractivity contribution in [1.29, 1.82) is 0 Å². The summed E-state index contributed by atoms with van der Waals surface area (Å²) in [5, 5.41) is 17.8. The van der Waals surface area contributed by atoms with Crippen molar-refractivity contribution >= 4 is 35.8 Å². The fraction of sp³-hybridized carbons (Fsp3) is 0.838. The maximum Gasteiger partial charge on any atom is 0.326 e. The van der Waals surface area contributed by atoms with Gasteiger partial charge in [-0.25, -0.2) is 4.79 Å². The van der Waals surface area contributed by atoms with Crippen LogP contribution in [0.5, 0.6) is 0 Å². The van der Waals surface area contributed by atoms with Gasteiger partial charge in [-0.05, 0) is 32.1 Å². The summed E-state index contributed by atoms with van der Waals surface area (Å²) < 4.78 is 21.3. The fourth-order valence-electron chi connectivity index (χ4n) is 5.69. The lowest BCUT2D eigenvalue weighted by Gasteiger charge is -2.21. The van der Waals surface area contributed by atoms with E-state index >= 15 is 0 Å². The minimum absolute atomic E-state index is 0.106. The van der Waals surface area contributed by atoms with Crippen LogP contribution in [0.3, 0.4) is 0 Å². The molecule has 14 nitrogen and oxygen atoms in total. The highest BCUT2D eigenvalue weighted by Crippen LogP contribution is 2.17. The summed E-state index contributed by atoms with van der Waals surface area (Å²) in [5.74, 6) is -3.89. The predicted octanol–water partition coefficient (Wildman–Crippen LogP) is 3.66. The smallest absolute Gasteiger partial charge is 0.326 e. The van der Waals surface area contributed by atoms with E-state index in [0.717, 1.165) is 38.5 Å². The zero-order valence-electron chi connectivity index (χ0n) is 30.8. The Labute approximate surface area is 304 Å². The van der Waals surface area contributed by atoms with Gasteiger partial charge in [0.15, 0.2) is 0 Å². The monoisotopic (exact) mass is 727 g/mol. The Bertz CT molecular complexity index is 966. The van der Waals surface area contributed by atoms with E-state index in [4.69, 9.17) is 18.9 Å². The van der Waals surface area contributed by atoms with E-state index in [1.165, 1.54) is 38.5 Å². The van der Waals surface area contributed by atoms with Gasteiger partial charge in [-0.15, -0.1) is 0 Å². The van der Waals surface area contributed by atoms with Crippen LogP contribution < -0.4 is 16.0 Å². The number of ether oxygens (including phenoxy) is 4. The largest absolute Gasteiger partial charge is 0.480 e. The number of carboxylic acids is 1. The first-order valence-corrected chi connectivity index (χ1v) is 19.2. The van der Waals surface area contributed by atoms with Crippen molar-refractivity contribution in [1.82, 2.24) is 16.0 Å². The fourth-order valence-corrected chi connectivity index (χ4v) is 5.69. The first-order valence-electron chi connectivity index (χ1n) is 19.2. The van der Waals surface area contributed by atoms with Crippen LogP contribution in [-0.4, -0.2) is 113 Å². The summed E-state index contributed by atoms with van der Waals surface area (Å²) in [6, 6.07) is -1.32. The number of hydrogen-bond donors (Lipinski definition) is 4. The summed E-state index contributed by atoms with van der Waals surface area (Å²) in [4.78, 5) is 72.6. The predicted molar refractivity (Wildman–Crippen MR) is 191 cm³/mol. The van der Waals surface area contributed by atoms with E-state index in [1.807, 2.05) is 0 Å². The van der Waals surface area contributed by atoms with Gasteiger partial charge in [-0.3, -0.25) is 19.2 Å². The summed E-state index contributed by atoms with van der Waals surface area (Å²) >= 11 is 0. The van der Waals surface area contributed by atoms with Crippen molar-refractivity contribution in [2.45, 2.75) is 128 Å². The normalized spacial score (nSPS) is 19.5. The highest BCUT2D eigenvalue weighted by atomic mass is 16.5. The van der Waals surface area contributed by atoms with Crippen molar-refractivity contribution in [3.63, 3.8) is 0 Å². The van der Waals surface area contributed by atoms with Gasteiger partial charge < -0.3 is 44.8 Å². The molecule has 4 N–H and O–H groups in total. The van der Waals surface area contributed by atoms with E-state index in [9.17, 15) is 33.9 Å². The molecule has 1 heterocycles. The lowest BCUT2D eigenvalue weighted by molar-refractivity contribution is -0.143. The molecule has 3 amide bonds. The first-order chi connectivity index (χ1) is 24.8. The lowest BCUT2D eigenvalue weighted by atomic mass is 9.91. The number of hydrogen-bond acceptors (Lipinski definition) is 10. The van der Waals surface area contributed by atoms with Gasteiger partial charge in [0.05, 0.1) is 32.3 Å². The number of aldehydes is 1. The molecular weight excluding hydrogens is 662 g/mol. The molecule has 1 aliphatic rings. The Morgan fingerprint density at radius 1 is 0.667 bits per heavy atom. The van der Waals surface area contributed by atoms with E-state index in [-0.39, 0.29) is 56.6 Å². The topological polar surface area (TPSA) is 196 Å². The minimum atomic E-state index is -1.32. The van der Waals surface area contributed by atoms with Crippen LogP contribution >= 0.6 is 0 Å². The van der Waals surface area contributed by atoms with Crippen molar-refractivity contribution < 1.29 is 52.8 Å².